The Kier molecular flexibility index (Phi) is 16.1. The van der Waals surface area contributed by atoms with Gasteiger partial charge in [-0.2, -0.15) is 0 Å². The highest BCUT2D eigenvalue weighted by Crippen LogP contribution is 2.48. The number of nitrogens with one attached hydrogen (secondary N) is 4. The highest BCUT2D eigenvalue weighted by atomic mass is 16.5. The van der Waals surface area contributed by atoms with E-state index in [0.29, 0.717) is 23.3 Å². The van der Waals surface area contributed by atoms with E-state index in [1.807, 2.05) is 19.1 Å². The number of aromatic amines is 3. The highest BCUT2D eigenvalue weighted by molar-refractivity contribution is 6.24. The van der Waals surface area contributed by atoms with Crippen molar-refractivity contribution in [2.75, 3.05) is 13.7 Å². The maximum absolute atomic E-state index is 14.4. The smallest absolute Gasteiger partial charge is 0.321 e. The first kappa shape index (κ1) is 48.4. The molecule has 0 amide bonds. The molecule has 8 bridgehead atoms. The van der Waals surface area contributed by atoms with Crippen molar-refractivity contribution in [2.45, 2.75) is 146 Å². The van der Waals surface area contributed by atoms with Crippen molar-refractivity contribution in [2.24, 2.45) is 35.5 Å². The molecule has 346 valence electrons. The molecule has 9 nitrogen and oxygen atoms in total. The number of fused-ring (bicyclic) bond motifs is 7. The number of rotatable bonds is 20. The number of carbonyl (C=O) groups is 3. The zero-order chi connectivity index (χ0) is 46.4. The lowest BCUT2D eigenvalue weighted by molar-refractivity contribution is -0.143. The summed E-state index contributed by atoms with van der Waals surface area (Å²) in [5.74, 6) is -0.275. The summed E-state index contributed by atoms with van der Waals surface area (Å²) in [6.07, 6.45) is 23.1. The number of ether oxygens (including phenoxy) is 2. The van der Waals surface area contributed by atoms with Gasteiger partial charge >= 0.3 is 11.9 Å². The predicted molar refractivity (Wildman–Crippen MR) is 262 cm³/mol. The number of allylic oxidation sites excluding steroid dienone is 3. The van der Waals surface area contributed by atoms with Crippen LogP contribution < -0.4 is 16.0 Å². The molecule has 3 aromatic heterocycles. The lowest BCUT2D eigenvalue weighted by atomic mass is 9.85. The SMILES string of the molecule is C=Cc1c2[nH]c(c1C)/C=C1\N/C(=C3\c4[nH]c(c(C)c4C(=O)C3C(=O)OC)/C=c3\[nH]/c(c(C)c3CC)=C\2)C(CCC(=O)OC/C=C(\C)CCCC(C)CCCC(C)CCCC(C)C)C1C. The first-order chi connectivity index (χ1) is 30.6. The molecule has 1 saturated heterocycles. The third-order valence-corrected chi connectivity index (χ3v) is 14.6. The first-order valence-corrected chi connectivity index (χ1v) is 24.2. The fraction of sp³-hybridized carbons (Fsp3) is 0.545. The third kappa shape index (κ3) is 10.6. The Hall–Kier alpha value is -5.05. The van der Waals surface area contributed by atoms with Gasteiger partial charge in [0.15, 0.2) is 5.78 Å². The van der Waals surface area contributed by atoms with Gasteiger partial charge in [-0.15, -0.1) is 0 Å². The molecular formula is C55H76N4O5. The van der Waals surface area contributed by atoms with E-state index in [4.69, 9.17) is 9.47 Å². The van der Waals surface area contributed by atoms with E-state index >= 15 is 0 Å². The van der Waals surface area contributed by atoms with Crippen molar-refractivity contribution in [1.29, 1.82) is 0 Å². The van der Waals surface area contributed by atoms with Crippen LogP contribution in [0.15, 0.2) is 29.6 Å². The van der Waals surface area contributed by atoms with Crippen molar-refractivity contribution in [3.63, 3.8) is 0 Å². The molecule has 5 atom stereocenters. The Labute approximate surface area is 382 Å². The Morgan fingerprint density at radius 1 is 0.828 bits per heavy atom. The summed E-state index contributed by atoms with van der Waals surface area (Å²) in [6, 6.07) is 0. The predicted octanol–water partition coefficient (Wildman–Crippen LogP) is 11.1. The number of hydrogen-bond donors (Lipinski definition) is 4. The Bertz CT molecular complexity index is 2450. The second-order valence-corrected chi connectivity index (χ2v) is 19.7. The molecule has 3 aliphatic rings. The standard InChI is InChI=1S/C55H76N4O5/c1-13-39-35(8)42-28-44-37(10)41(24-25-48(60)64-27-26-34(7)23-17-22-33(6)21-16-20-32(5)19-15-18-31(3)4)52(58-44)50-51(55(62)63-12)54(61)49-38(11)45(59-53(49)50)30-47-40(14-2)36(9)43(57-47)29-46(39)56-42/h13,26,28-33,37,41,51,56-59H,1,14-25,27H2,2-12H3/b34-26+,43-29-,44-28-,47-30-,52-50-. The summed E-state index contributed by atoms with van der Waals surface area (Å²) in [5.41, 5.74) is 12.5. The van der Waals surface area contributed by atoms with Gasteiger partial charge in [0, 0.05) is 74.1 Å². The topological polar surface area (TPSA) is 129 Å². The van der Waals surface area contributed by atoms with Crippen molar-refractivity contribution in [1.82, 2.24) is 20.3 Å². The maximum Gasteiger partial charge on any atom is 0.321 e. The number of methoxy groups -OCH3 is 1. The van der Waals surface area contributed by atoms with Crippen molar-refractivity contribution in [3.05, 3.63) is 96.5 Å². The summed E-state index contributed by atoms with van der Waals surface area (Å²) < 4.78 is 11.1. The van der Waals surface area contributed by atoms with Gasteiger partial charge in [-0.05, 0) is 118 Å². The highest BCUT2D eigenvalue weighted by Gasteiger charge is 2.48. The summed E-state index contributed by atoms with van der Waals surface area (Å²) in [7, 11) is 1.32. The van der Waals surface area contributed by atoms with Gasteiger partial charge in [0.2, 0.25) is 0 Å². The monoisotopic (exact) mass is 873 g/mol. The number of Topliss-reactive ketones (excluding diaryl/α,β-unsaturated/α-hetero) is 1. The molecular weight excluding hydrogens is 797 g/mol. The van der Waals surface area contributed by atoms with Crippen LogP contribution in [0.4, 0.5) is 0 Å². The van der Waals surface area contributed by atoms with Crippen LogP contribution in [0.3, 0.4) is 0 Å². The largest absolute Gasteiger partial charge is 0.468 e. The van der Waals surface area contributed by atoms with Gasteiger partial charge in [-0.25, -0.2) is 0 Å². The average molecular weight is 873 g/mol. The molecule has 0 aromatic carbocycles. The molecule has 0 spiro atoms. The Morgan fingerprint density at radius 3 is 2.14 bits per heavy atom. The van der Waals surface area contributed by atoms with Gasteiger partial charge in [0.05, 0.1) is 12.8 Å². The van der Waals surface area contributed by atoms with Crippen LogP contribution in [0.25, 0.3) is 29.9 Å². The molecule has 1 aliphatic carbocycles. The second-order valence-electron chi connectivity index (χ2n) is 19.7. The Balaban J connectivity index is 1.21. The summed E-state index contributed by atoms with van der Waals surface area (Å²) in [4.78, 5) is 52.4. The van der Waals surface area contributed by atoms with Crippen LogP contribution in [0.1, 0.15) is 180 Å². The van der Waals surface area contributed by atoms with Crippen molar-refractivity contribution in [3.8, 4) is 0 Å². The van der Waals surface area contributed by atoms with E-state index in [1.165, 1.54) is 63.2 Å². The van der Waals surface area contributed by atoms with Gasteiger partial charge in [-0.1, -0.05) is 105 Å². The molecule has 64 heavy (non-hydrogen) atoms. The first-order valence-electron chi connectivity index (χ1n) is 24.2. The fourth-order valence-electron chi connectivity index (χ4n) is 10.4. The molecule has 9 heteroatoms. The average Bonchev–Trinajstić information content (AvgIpc) is 3.99. The van der Waals surface area contributed by atoms with Crippen LogP contribution in [-0.4, -0.2) is 46.4 Å². The van der Waals surface area contributed by atoms with E-state index in [2.05, 4.69) is 107 Å². The minimum atomic E-state index is -1.14. The zero-order valence-corrected chi connectivity index (χ0v) is 40.8. The maximum atomic E-state index is 14.4. The third-order valence-electron chi connectivity index (χ3n) is 14.6. The minimum Gasteiger partial charge on any atom is -0.468 e. The van der Waals surface area contributed by atoms with E-state index in [-0.39, 0.29) is 36.6 Å². The lowest BCUT2D eigenvalue weighted by Crippen LogP contribution is -2.25. The zero-order valence-electron chi connectivity index (χ0n) is 40.8. The van der Waals surface area contributed by atoms with E-state index in [1.54, 1.807) is 0 Å². The van der Waals surface area contributed by atoms with Crippen LogP contribution in [0.2, 0.25) is 0 Å². The molecule has 6 rings (SSSR count). The quantitative estimate of drug-likeness (QED) is 0.0508. The van der Waals surface area contributed by atoms with Gasteiger partial charge < -0.3 is 29.7 Å². The number of esters is 2. The summed E-state index contributed by atoms with van der Waals surface area (Å²) >= 11 is 0. The molecule has 5 unspecified atom stereocenters. The number of carbonyl (C=O) groups excluding carboxylic acids is 3. The van der Waals surface area contributed by atoms with E-state index in [0.717, 1.165) is 98.4 Å². The van der Waals surface area contributed by atoms with Crippen molar-refractivity contribution >= 4 is 47.6 Å². The fourth-order valence-corrected chi connectivity index (χ4v) is 10.4. The molecule has 0 saturated carbocycles. The summed E-state index contributed by atoms with van der Waals surface area (Å²) in [5, 5.41) is 5.66. The number of aromatic nitrogens is 3. The molecule has 4 N–H and O–H groups in total. The van der Waals surface area contributed by atoms with Crippen molar-refractivity contribution < 1.29 is 23.9 Å². The molecule has 2 aliphatic heterocycles. The van der Waals surface area contributed by atoms with E-state index in [9.17, 15) is 14.4 Å². The normalized spacial score (nSPS) is 22.0. The summed E-state index contributed by atoms with van der Waals surface area (Å²) in [6.45, 7) is 26.4. The van der Waals surface area contributed by atoms with E-state index < -0.39 is 11.9 Å². The van der Waals surface area contributed by atoms with Crippen LogP contribution >= 0.6 is 0 Å². The number of hydrogen-bond acceptors (Lipinski definition) is 6. The molecule has 3 aromatic rings. The lowest BCUT2D eigenvalue weighted by Gasteiger charge is -2.19. The second kappa shape index (κ2) is 21.3. The Morgan fingerprint density at radius 2 is 1.48 bits per heavy atom. The van der Waals surface area contributed by atoms with Crippen LogP contribution in [0, 0.1) is 56.3 Å². The van der Waals surface area contributed by atoms with Crippen LogP contribution in [-0.2, 0) is 25.5 Å². The van der Waals surface area contributed by atoms with Gasteiger partial charge in [0.25, 0.3) is 0 Å². The molecule has 0 radical (unpaired) electrons. The molecule has 5 heterocycles. The number of H-pyrrole nitrogens is 3. The van der Waals surface area contributed by atoms with Gasteiger partial charge in [0.1, 0.15) is 12.5 Å². The number of ketones is 1. The van der Waals surface area contributed by atoms with Gasteiger partial charge in [-0.3, -0.25) is 14.4 Å². The molecule has 1 fully saturated rings. The van der Waals surface area contributed by atoms with Crippen LogP contribution in [0.5, 0.6) is 0 Å². The minimum absolute atomic E-state index is 0.0876.